The Labute approximate surface area is 162 Å². The lowest BCUT2D eigenvalue weighted by atomic mass is 9.95. The number of carbonyl (C=O) groups is 2. The number of carbonyl (C=O) groups excluding carboxylic acids is 2. The van der Waals surface area contributed by atoms with Gasteiger partial charge < -0.3 is 10.2 Å². The Morgan fingerprint density at radius 1 is 1.27 bits per heavy atom. The number of pyridine rings is 1. The summed E-state index contributed by atoms with van der Waals surface area (Å²) in [5.41, 5.74) is 0.988. The van der Waals surface area contributed by atoms with Crippen LogP contribution in [-0.4, -0.2) is 34.8 Å². The highest BCUT2D eigenvalue weighted by Gasteiger charge is 2.27. The maximum Gasteiger partial charge on any atom is 0.223 e. The zero-order valence-corrected chi connectivity index (χ0v) is 16.1. The molecular formula is C19H22ClN3O2S. The lowest BCUT2D eigenvalue weighted by Gasteiger charge is -2.31. The number of thiophene rings is 1. The topological polar surface area (TPSA) is 62.3 Å². The number of halogens is 1. The quantitative estimate of drug-likeness (QED) is 0.821. The molecule has 0 aromatic carbocycles. The van der Waals surface area contributed by atoms with Gasteiger partial charge in [0.25, 0.3) is 0 Å². The second-order valence-corrected chi connectivity index (χ2v) is 8.24. The highest BCUT2D eigenvalue weighted by atomic mass is 35.5. The Hall–Kier alpha value is -1.92. The van der Waals surface area contributed by atoms with E-state index in [1.165, 1.54) is 11.3 Å². The maximum absolute atomic E-state index is 12.4. The van der Waals surface area contributed by atoms with Gasteiger partial charge in [-0.25, -0.2) is 0 Å². The van der Waals surface area contributed by atoms with Crippen molar-refractivity contribution in [2.75, 3.05) is 13.1 Å². The van der Waals surface area contributed by atoms with E-state index in [4.69, 9.17) is 11.6 Å². The molecule has 3 heterocycles. The summed E-state index contributed by atoms with van der Waals surface area (Å²) in [6.45, 7) is 1.79. The van der Waals surface area contributed by atoms with Crippen molar-refractivity contribution in [1.29, 1.82) is 0 Å². The summed E-state index contributed by atoms with van der Waals surface area (Å²) in [6, 6.07) is 7.63. The molecule has 0 unspecified atom stereocenters. The van der Waals surface area contributed by atoms with E-state index >= 15 is 0 Å². The minimum absolute atomic E-state index is 0.0215. The van der Waals surface area contributed by atoms with Gasteiger partial charge in [-0.05, 0) is 43.0 Å². The first-order valence-corrected chi connectivity index (χ1v) is 10.00. The van der Waals surface area contributed by atoms with E-state index in [1.54, 1.807) is 12.4 Å². The lowest BCUT2D eigenvalue weighted by molar-refractivity contribution is -0.135. The third-order valence-electron chi connectivity index (χ3n) is 4.62. The van der Waals surface area contributed by atoms with Crippen molar-refractivity contribution >= 4 is 34.8 Å². The van der Waals surface area contributed by atoms with E-state index < -0.39 is 0 Å². The van der Waals surface area contributed by atoms with Crippen LogP contribution < -0.4 is 5.32 Å². The predicted octanol–water partition coefficient (Wildman–Crippen LogP) is 3.28. The summed E-state index contributed by atoms with van der Waals surface area (Å²) >= 11 is 7.44. The molecular weight excluding hydrogens is 370 g/mol. The van der Waals surface area contributed by atoms with Gasteiger partial charge in [0.15, 0.2) is 0 Å². The van der Waals surface area contributed by atoms with Crippen molar-refractivity contribution < 1.29 is 9.59 Å². The summed E-state index contributed by atoms with van der Waals surface area (Å²) in [4.78, 5) is 31.7. The Bertz CT molecular complexity index is 742. The van der Waals surface area contributed by atoms with E-state index in [0.29, 0.717) is 26.1 Å². The molecule has 1 aliphatic heterocycles. The molecule has 0 bridgehead atoms. The molecule has 7 heteroatoms. The molecule has 5 nitrogen and oxygen atoms in total. The largest absolute Gasteiger partial charge is 0.352 e. The number of likely N-dealkylation sites (tertiary alicyclic amines) is 1. The Kier molecular flexibility index (Phi) is 6.63. The van der Waals surface area contributed by atoms with E-state index in [-0.39, 0.29) is 17.7 Å². The molecule has 138 valence electrons. The zero-order chi connectivity index (χ0) is 18.4. The van der Waals surface area contributed by atoms with Gasteiger partial charge in [-0.1, -0.05) is 17.7 Å². The molecule has 1 aliphatic rings. The summed E-state index contributed by atoms with van der Waals surface area (Å²) in [5.74, 6) is 0.199. The van der Waals surface area contributed by atoms with E-state index in [1.807, 2.05) is 29.2 Å². The van der Waals surface area contributed by atoms with E-state index in [9.17, 15) is 9.59 Å². The lowest BCUT2D eigenvalue weighted by Crippen LogP contribution is -2.43. The summed E-state index contributed by atoms with van der Waals surface area (Å²) in [7, 11) is 0. The fourth-order valence-electron chi connectivity index (χ4n) is 3.10. The number of aromatic nitrogens is 1. The van der Waals surface area contributed by atoms with Crippen LogP contribution in [0.2, 0.25) is 4.34 Å². The Balaban J connectivity index is 1.39. The standard InChI is InChI=1S/C19H22ClN3O2S/c20-17-5-3-16(26-17)4-6-18(24)23-10-7-15(8-11-23)19(25)22-13-14-2-1-9-21-12-14/h1-3,5,9,12,15H,4,6-8,10-11,13H2,(H,22,25). The predicted molar refractivity (Wildman–Crippen MR) is 103 cm³/mol. The van der Waals surface area contributed by atoms with Gasteiger partial charge in [0, 0.05) is 49.2 Å². The zero-order valence-electron chi connectivity index (χ0n) is 14.5. The van der Waals surface area contributed by atoms with E-state index in [0.717, 1.165) is 34.0 Å². The number of nitrogens with zero attached hydrogens (tertiary/aromatic N) is 2. The SMILES string of the molecule is O=C(NCc1cccnc1)C1CCN(C(=O)CCc2ccc(Cl)s2)CC1. The van der Waals surface area contributed by atoms with Crippen LogP contribution in [0.25, 0.3) is 0 Å². The number of aryl methyl sites for hydroxylation is 1. The third-order valence-corrected chi connectivity index (χ3v) is 5.91. The first kappa shape index (κ1) is 18.9. The molecule has 0 aliphatic carbocycles. The monoisotopic (exact) mass is 391 g/mol. The minimum atomic E-state index is -0.0215. The van der Waals surface area contributed by atoms with Gasteiger partial charge in [-0.2, -0.15) is 0 Å². The van der Waals surface area contributed by atoms with Gasteiger partial charge in [0.05, 0.1) is 4.34 Å². The van der Waals surface area contributed by atoms with Crippen molar-refractivity contribution in [2.24, 2.45) is 5.92 Å². The third kappa shape index (κ3) is 5.29. The fraction of sp³-hybridized carbons (Fsp3) is 0.421. The van der Waals surface area contributed by atoms with Crippen LogP contribution >= 0.6 is 22.9 Å². The average molecular weight is 392 g/mol. The number of nitrogens with one attached hydrogen (secondary N) is 1. The van der Waals surface area contributed by atoms with Crippen molar-refractivity contribution in [1.82, 2.24) is 15.2 Å². The molecule has 1 N–H and O–H groups in total. The molecule has 1 saturated heterocycles. The summed E-state index contributed by atoms with van der Waals surface area (Å²) in [5, 5.41) is 2.97. The number of hydrogen-bond donors (Lipinski definition) is 1. The van der Waals surface area contributed by atoms with Crippen LogP contribution in [0.4, 0.5) is 0 Å². The smallest absolute Gasteiger partial charge is 0.223 e. The highest BCUT2D eigenvalue weighted by molar-refractivity contribution is 7.16. The Morgan fingerprint density at radius 3 is 2.73 bits per heavy atom. The molecule has 0 saturated carbocycles. The molecule has 0 spiro atoms. The second kappa shape index (κ2) is 9.14. The summed E-state index contributed by atoms with van der Waals surface area (Å²) < 4.78 is 0.755. The number of piperidine rings is 1. The molecule has 2 aromatic heterocycles. The van der Waals surface area contributed by atoms with Crippen LogP contribution in [0.5, 0.6) is 0 Å². The maximum atomic E-state index is 12.4. The van der Waals surface area contributed by atoms with Crippen LogP contribution in [0.15, 0.2) is 36.7 Å². The Morgan fingerprint density at radius 2 is 2.08 bits per heavy atom. The van der Waals surface area contributed by atoms with Crippen molar-refractivity contribution in [3.63, 3.8) is 0 Å². The van der Waals surface area contributed by atoms with Crippen LogP contribution in [0.3, 0.4) is 0 Å². The number of rotatable bonds is 6. The van der Waals surface area contributed by atoms with Gasteiger partial charge in [0.2, 0.25) is 11.8 Å². The highest BCUT2D eigenvalue weighted by Crippen LogP contribution is 2.23. The van der Waals surface area contributed by atoms with Crippen molar-refractivity contribution in [3.05, 3.63) is 51.4 Å². The van der Waals surface area contributed by atoms with Crippen LogP contribution in [-0.2, 0) is 22.6 Å². The first-order chi connectivity index (χ1) is 12.6. The van der Waals surface area contributed by atoms with Gasteiger partial charge in [-0.3, -0.25) is 14.6 Å². The van der Waals surface area contributed by atoms with Crippen LogP contribution in [0, 0.1) is 5.92 Å². The summed E-state index contributed by atoms with van der Waals surface area (Å²) in [6.07, 6.45) is 6.12. The number of hydrogen-bond acceptors (Lipinski definition) is 4. The normalized spacial score (nSPS) is 15.0. The second-order valence-electron chi connectivity index (χ2n) is 6.44. The molecule has 2 amide bonds. The van der Waals surface area contributed by atoms with Crippen LogP contribution in [0.1, 0.15) is 29.7 Å². The van der Waals surface area contributed by atoms with Gasteiger partial charge in [0.1, 0.15) is 0 Å². The van der Waals surface area contributed by atoms with E-state index in [2.05, 4.69) is 10.3 Å². The molecule has 3 rings (SSSR count). The first-order valence-electron chi connectivity index (χ1n) is 8.80. The van der Waals surface area contributed by atoms with Gasteiger partial charge >= 0.3 is 0 Å². The van der Waals surface area contributed by atoms with Gasteiger partial charge in [-0.15, -0.1) is 11.3 Å². The molecule has 26 heavy (non-hydrogen) atoms. The fourth-order valence-corrected chi connectivity index (χ4v) is 4.19. The van der Waals surface area contributed by atoms with Crippen molar-refractivity contribution in [2.45, 2.75) is 32.2 Å². The minimum Gasteiger partial charge on any atom is -0.352 e. The molecule has 0 radical (unpaired) electrons. The number of amides is 2. The molecule has 0 atom stereocenters. The average Bonchev–Trinajstić information content (AvgIpc) is 3.10. The van der Waals surface area contributed by atoms with Crippen molar-refractivity contribution in [3.8, 4) is 0 Å². The molecule has 1 fully saturated rings. The molecule has 2 aromatic rings.